The van der Waals surface area contributed by atoms with Crippen LogP contribution in [0.25, 0.3) is 0 Å². The van der Waals surface area contributed by atoms with Crippen LogP contribution in [0.15, 0.2) is 50.7 Å². The predicted molar refractivity (Wildman–Crippen MR) is 546 cm³/mol. The number of nitrogens with zero attached hydrogens (tertiary/aromatic N) is 17. The molecule has 0 aromatic rings. The van der Waals surface area contributed by atoms with Crippen LogP contribution in [-0.2, 0) is 14.5 Å². The Balaban J connectivity index is 1.13. The molecule has 0 saturated carbocycles. The van der Waals surface area contributed by atoms with Gasteiger partial charge in [0.2, 0.25) is 0 Å². The van der Waals surface area contributed by atoms with Gasteiger partial charge in [0.25, 0.3) is 0 Å². The molecule has 26 nitrogen and oxygen atoms in total. The van der Waals surface area contributed by atoms with Crippen LogP contribution in [-0.4, -0.2) is 307 Å². The number of piperidine rings is 8. The lowest BCUT2D eigenvalue weighted by Crippen LogP contribution is -2.66. The van der Waals surface area contributed by atoms with E-state index in [0.29, 0.717) is 43.9 Å². The first-order chi connectivity index (χ1) is 59.8. The number of likely N-dealkylation sites (tertiary alicyclic amines) is 8. The van der Waals surface area contributed by atoms with Gasteiger partial charge in [0.15, 0.2) is 0 Å². The first-order valence-electron chi connectivity index (χ1n) is 51.9. The van der Waals surface area contributed by atoms with E-state index in [1.165, 1.54) is 0 Å². The minimum absolute atomic E-state index is 0.0143. The second-order valence-corrected chi connectivity index (χ2v) is 53.6. The third-order valence-electron chi connectivity index (χ3n) is 36.6. The van der Waals surface area contributed by atoms with Crippen LogP contribution in [0.1, 0.15) is 384 Å². The lowest BCUT2D eigenvalue weighted by atomic mass is 9.71. The molecule has 0 bridgehead atoms. The molecular formula is C105H201N23O3. The zero-order valence-corrected chi connectivity index (χ0v) is 92.3. The summed E-state index contributed by atoms with van der Waals surface area (Å²) in [6.07, 6.45) is 27.8. The van der Waals surface area contributed by atoms with E-state index in [1.807, 2.05) is 15.8 Å². The first kappa shape index (κ1) is 107. The zero-order valence-electron chi connectivity index (χ0n) is 92.3. The van der Waals surface area contributed by atoms with Gasteiger partial charge in [-0.15, -0.1) is 0 Å². The molecule has 0 aliphatic carbocycles. The van der Waals surface area contributed by atoms with E-state index >= 15 is 0 Å². The largest absolute Gasteiger partial charge is 0.354 e. The van der Waals surface area contributed by atoms with Gasteiger partial charge in [0.1, 0.15) is 35.0 Å². The van der Waals surface area contributed by atoms with E-state index in [9.17, 15) is 0 Å². The quantitative estimate of drug-likeness (QED) is 0.0416. The van der Waals surface area contributed by atoms with Crippen molar-refractivity contribution in [2.45, 2.75) is 521 Å². The third kappa shape index (κ3) is 24.1. The molecule has 11 aliphatic rings. The topological polar surface area (TPSA) is 182 Å². The molecule has 3 atom stereocenters. The highest BCUT2D eigenvalue weighted by Crippen LogP contribution is 2.50. The highest BCUT2D eigenvalue weighted by Gasteiger charge is 2.55. The molecule has 11 aliphatic heterocycles. The van der Waals surface area contributed by atoms with Crippen LogP contribution in [0.2, 0.25) is 0 Å². The number of hydrogen-bond donors (Lipinski definition) is 6. The molecule has 8 saturated heterocycles. The molecular weight excluding hydrogens is 1630 g/mol. The SMILES string of the molecule is CCCC(N=C1C=C(N(CCN(C2=CC(=NC(CCC)C3CC(C)(C)N(C)C(C)(C)C3)NN(OC3CC(C)(C)N(C)C(C)(C)C3)N2)C2CC(C)(C)N(C)C(C)(C)C2)CCN(C2=CC(=NC(CCC)C3CC(C)(C)N(C)C(C)(C)C3)NN(OC3CC(C)(C)N(C)C(C)(C)C3)N2)C2CC(C)(C)N(C)C(C)(C)C2)NN(OC2CC(C)(C)N(C)C(C)(C)C2)N1)C1CC(C)(C)N(C)C(C)(C)C1. The molecule has 11 heterocycles. The van der Waals surface area contributed by atoms with Crippen LogP contribution in [0.4, 0.5) is 0 Å². The van der Waals surface area contributed by atoms with E-state index in [1.54, 1.807) is 0 Å². The zero-order chi connectivity index (χ0) is 97.9. The summed E-state index contributed by atoms with van der Waals surface area (Å²) in [5.41, 5.74) is 22.3. The van der Waals surface area contributed by atoms with E-state index in [2.05, 4.69) is 403 Å². The van der Waals surface area contributed by atoms with Gasteiger partial charge in [0.05, 0.1) is 36.4 Å². The molecule has 0 spiro atoms. The van der Waals surface area contributed by atoms with Crippen molar-refractivity contribution in [2.24, 2.45) is 32.7 Å². The third-order valence-corrected chi connectivity index (χ3v) is 36.6. The van der Waals surface area contributed by atoms with Crippen LogP contribution in [0, 0.1) is 17.8 Å². The number of nitrogens with one attached hydrogen (secondary N) is 6. The minimum atomic E-state index is -0.176. The van der Waals surface area contributed by atoms with Gasteiger partial charge < -0.3 is 14.7 Å². The molecule has 0 amide bonds. The fourth-order valence-electron chi connectivity index (χ4n) is 27.3. The maximum Gasteiger partial charge on any atom is 0.142 e. The number of amidine groups is 3. The first-order valence-corrected chi connectivity index (χ1v) is 51.9. The smallest absolute Gasteiger partial charge is 0.142 e. The molecule has 754 valence electrons. The summed E-state index contributed by atoms with van der Waals surface area (Å²) < 4.78 is 0. The average molecular weight is 1830 g/mol. The lowest BCUT2D eigenvalue weighted by Gasteiger charge is -2.57. The molecule has 3 unspecified atom stereocenters. The maximum absolute atomic E-state index is 7.62. The summed E-state index contributed by atoms with van der Waals surface area (Å²) in [7, 11) is 18.6. The summed E-state index contributed by atoms with van der Waals surface area (Å²) in [5.74, 6) is 6.41. The standard InChI is InChI=1S/C105H201N23O3/c1-44-47-81(73-57-90(4,5)115(36)91(6,7)58-73)106-84-54-87(112-126(109-84)129-78-67-100(24,25)120(41)101(26,27)68-78)123(50-52-124(76-63-96(16,17)118(39)97(18,19)64-76)88-55-85(107-82(48-45-2)74-59-92(8,9)116(37)93(10,11)60-74)110-127(113-88)130-79-69-102(28,29)121(42)103(30,31)70-79)51-53-125(77-65-98(20,21)119(40)99(22,23)66-77)89-56-86(108-83(49-46-3)75-61-94(12,13)117(38)95(14,15)62-75)111-128(114-89)131-80-71-104(32,33)122(43)105(34,35)72-80/h54-56,73-83,112-114H,44-53,57-72H2,1-43H3,(H,106,109)(H,107,110)(H,108,111). The summed E-state index contributed by atoms with van der Waals surface area (Å²) in [6.45, 7) is 87.1. The molecule has 0 aromatic carbocycles. The molecule has 0 aromatic heterocycles. The van der Waals surface area contributed by atoms with Crippen LogP contribution >= 0.6 is 0 Å². The van der Waals surface area contributed by atoms with E-state index in [-0.39, 0.29) is 137 Å². The van der Waals surface area contributed by atoms with Gasteiger partial charge in [-0.05, 0) is 434 Å². The predicted octanol–water partition coefficient (Wildman–Crippen LogP) is 17.8. The normalized spacial score (nSPS) is 30.3. The second kappa shape index (κ2) is 38.5. The monoisotopic (exact) mass is 1830 g/mol. The molecule has 6 N–H and O–H groups in total. The van der Waals surface area contributed by atoms with Crippen molar-refractivity contribution in [3.05, 3.63) is 35.7 Å². The second-order valence-electron chi connectivity index (χ2n) is 53.6. The molecule has 0 radical (unpaired) electrons. The van der Waals surface area contributed by atoms with Crippen molar-refractivity contribution in [1.82, 2.24) is 102 Å². The van der Waals surface area contributed by atoms with Crippen molar-refractivity contribution in [3.8, 4) is 0 Å². The average Bonchev–Trinajstić information content (AvgIpc) is 0.745. The molecule has 8 fully saturated rings. The van der Waals surface area contributed by atoms with E-state index in [4.69, 9.17) is 29.5 Å². The van der Waals surface area contributed by atoms with Crippen molar-refractivity contribution in [1.29, 1.82) is 0 Å². The van der Waals surface area contributed by atoms with E-state index < -0.39 is 0 Å². The number of aliphatic imine (C=N–C) groups is 3. The van der Waals surface area contributed by atoms with Crippen molar-refractivity contribution in [2.75, 3.05) is 82.6 Å². The van der Waals surface area contributed by atoms with Gasteiger partial charge in [-0.25, -0.2) is 0 Å². The van der Waals surface area contributed by atoms with E-state index in [0.717, 1.165) is 176 Å². The minimum Gasteiger partial charge on any atom is -0.354 e. The van der Waals surface area contributed by atoms with Crippen LogP contribution in [0.5, 0.6) is 0 Å². The van der Waals surface area contributed by atoms with Crippen molar-refractivity contribution >= 4 is 17.5 Å². The Labute approximate surface area is 801 Å². The number of hydrazine groups is 6. The summed E-state index contributed by atoms with van der Waals surface area (Å²) >= 11 is 0. The Bertz CT molecular complexity index is 3740. The Morgan fingerprint density at radius 3 is 0.656 bits per heavy atom. The fourth-order valence-corrected chi connectivity index (χ4v) is 27.3. The summed E-state index contributed by atoms with van der Waals surface area (Å²) in [5, 5.41) is 5.66. The fraction of sp³-hybridized carbons (Fsp3) is 0.914. The van der Waals surface area contributed by atoms with Gasteiger partial charge in [-0.3, -0.25) is 101 Å². The van der Waals surface area contributed by atoms with Gasteiger partial charge >= 0.3 is 0 Å². The Hall–Kier alpha value is -4.13. The molecule has 131 heavy (non-hydrogen) atoms. The highest BCUT2D eigenvalue weighted by atomic mass is 16.8. The maximum atomic E-state index is 7.62. The Kier molecular flexibility index (Phi) is 31.5. The highest BCUT2D eigenvalue weighted by molar-refractivity contribution is 5.95. The van der Waals surface area contributed by atoms with Gasteiger partial charge in [-0.1, -0.05) is 40.0 Å². The number of rotatable bonds is 29. The summed E-state index contributed by atoms with van der Waals surface area (Å²) in [6, 6.07) is 0.314. The lowest BCUT2D eigenvalue weighted by molar-refractivity contribution is -0.272. The Morgan fingerprint density at radius 1 is 0.267 bits per heavy atom. The van der Waals surface area contributed by atoms with Crippen LogP contribution in [0.3, 0.4) is 0 Å². The van der Waals surface area contributed by atoms with Gasteiger partial charge in [0, 0.05) is 145 Å². The summed E-state index contributed by atoms with van der Waals surface area (Å²) in [4.78, 5) is 70.0. The van der Waals surface area contributed by atoms with Crippen molar-refractivity contribution in [3.63, 3.8) is 0 Å². The van der Waals surface area contributed by atoms with Gasteiger partial charge in [-0.2, -0.15) is 0 Å². The Morgan fingerprint density at radius 2 is 0.450 bits per heavy atom. The number of hydrogen-bond acceptors (Lipinski definition) is 23. The van der Waals surface area contributed by atoms with Crippen LogP contribution < -0.4 is 32.6 Å². The molecule has 26 heteroatoms. The van der Waals surface area contributed by atoms with Crippen molar-refractivity contribution < 1.29 is 14.5 Å². The molecule has 11 rings (SSSR count).